The lowest BCUT2D eigenvalue weighted by molar-refractivity contribution is -0.119. The number of ether oxygens (including phenoxy) is 1. The maximum Gasteiger partial charge on any atom is 0.272 e. The maximum atomic E-state index is 12.7. The topological polar surface area (TPSA) is 73.2 Å². The first-order valence-corrected chi connectivity index (χ1v) is 10.5. The molecule has 2 aromatic heterocycles. The van der Waals surface area contributed by atoms with E-state index in [1.165, 1.54) is 23.1 Å². The minimum absolute atomic E-state index is 0.00397. The summed E-state index contributed by atoms with van der Waals surface area (Å²) in [6.07, 6.45) is 4.11. The maximum absolute atomic E-state index is 12.7. The van der Waals surface area contributed by atoms with Gasteiger partial charge in [0.25, 0.3) is 5.56 Å². The second kappa shape index (κ2) is 8.82. The number of amides is 1. The molecular weight excluding hydrogens is 358 g/mol. The Morgan fingerprint density at radius 2 is 2.44 bits per heavy atom. The standard InChI is InChI=1S/C17H23N3O3S2/c1-2-3-7-20-16(22)15-13(6-9-24-15)19-17(20)25-11-14(21)18-10-12-5-4-8-23-12/h6,9,12H,2-5,7-8,10-11H2,1H3,(H,18,21). The summed E-state index contributed by atoms with van der Waals surface area (Å²) in [5.74, 6) is 0.197. The van der Waals surface area contributed by atoms with Gasteiger partial charge in [0.15, 0.2) is 5.16 Å². The third-order valence-electron chi connectivity index (χ3n) is 4.15. The highest BCUT2D eigenvalue weighted by molar-refractivity contribution is 7.99. The lowest BCUT2D eigenvalue weighted by atomic mass is 10.2. The molecule has 1 N–H and O–H groups in total. The molecule has 25 heavy (non-hydrogen) atoms. The Morgan fingerprint density at radius 1 is 1.56 bits per heavy atom. The molecule has 0 radical (unpaired) electrons. The number of fused-ring (bicyclic) bond motifs is 1. The van der Waals surface area contributed by atoms with Gasteiger partial charge in [-0.05, 0) is 30.7 Å². The van der Waals surface area contributed by atoms with Crippen LogP contribution in [0.25, 0.3) is 10.2 Å². The fourth-order valence-electron chi connectivity index (χ4n) is 2.76. The van der Waals surface area contributed by atoms with Gasteiger partial charge in [-0.25, -0.2) is 4.98 Å². The van der Waals surface area contributed by atoms with Gasteiger partial charge >= 0.3 is 0 Å². The molecule has 1 fully saturated rings. The summed E-state index contributed by atoms with van der Waals surface area (Å²) in [7, 11) is 0. The summed E-state index contributed by atoms with van der Waals surface area (Å²) in [6.45, 7) is 4.06. The van der Waals surface area contributed by atoms with E-state index in [4.69, 9.17) is 4.74 Å². The van der Waals surface area contributed by atoms with Crippen molar-refractivity contribution in [3.8, 4) is 0 Å². The molecule has 8 heteroatoms. The summed E-state index contributed by atoms with van der Waals surface area (Å²) in [6, 6.07) is 1.85. The van der Waals surface area contributed by atoms with Gasteiger partial charge in [-0.2, -0.15) is 0 Å². The highest BCUT2D eigenvalue weighted by Crippen LogP contribution is 2.21. The van der Waals surface area contributed by atoms with Crippen molar-refractivity contribution < 1.29 is 9.53 Å². The van der Waals surface area contributed by atoms with E-state index in [-0.39, 0.29) is 23.3 Å². The smallest absolute Gasteiger partial charge is 0.272 e. The molecule has 6 nitrogen and oxygen atoms in total. The molecule has 2 aromatic rings. The molecule has 0 saturated carbocycles. The van der Waals surface area contributed by atoms with E-state index < -0.39 is 0 Å². The number of nitrogens with zero attached hydrogens (tertiary/aromatic N) is 2. The molecule has 0 aromatic carbocycles. The number of aromatic nitrogens is 2. The Labute approximate surface area is 155 Å². The SMILES string of the molecule is CCCCn1c(SCC(=O)NCC2CCCO2)nc2ccsc2c1=O. The number of hydrogen-bond acceptors (Lipinski definition) is 6. The summed E-state index contributed by atoms with van der Waals surface area (Å²) in [5, 5.41) is 5.41. The number of unbranched alkanes of at least 4 members (excludes halogenated alkanes) is 1. The van der Waals surface area contributed by atoms with E-state index in [0.29, 0.717) is 28.5 Å². The number of thiophene rings is 1. The van der Waals surface area contributed by atoms with Gasteiger partial charge < -0.3 is 10.1 Å². The van der Waals surface area contributed by atoms with Crippen LogP contribution >= 0.6 is 23.1 Å². The molecule has 3 rings (SSSR count). The van der Waals surface area contributed by atoms with Crippen LogP contribution in [0, 0.1) is 0 Å². The third-order valence-corrected chi connectivity index (χ3v) is 6.02. The first-order chi connectivity index (χ1) is 12.2. The van der Waals surface area contributed by atoms with E-state index in [0.717, 1.165) is 32.3 Å². The van der Waals surface area contributed by atoms with Crippen LogP contribution in [0.3, 0.4) is 0 Å². The Morgan fingerprint density at radius 3 is 3.20 bits per heavy atom. The summed E-state index contributed by atoms with van der Waals surface area (Å²) in [5.41, 5.74) is 0.709. The van der Waals surface area contributed by atoms with E-state index in [9.17, 15) is 9.59 Å². The zero-order chi connectivity index (χ0) is 17.6. The van der Waals surface area contributed by atoms with Crippen molar-refractivity contribution in [2.75, 3.05) is 18.9 Å². The molecule has 0 spiro atoms. The summed E-state index contributed by atoms with van der Waals surface area (Å²) >= 11 is 2.74. The number of rotatable bonds is 8. The molecule has 1 unspecified atom stereocenters. The van der Waals surface area contributed by atoms with Crippen LogP contribution in [0.2, 0.25) is 0 Å². The summed E-state index contributed by atoms with van der Waals surface area (Å²) in [4.78, 5) is 29.4. The van der Waals surface area contributed by atoms with Crippen LogP contribution < -0.4 is 10.9 Å². The average Bonchev–Trinajstić information content (AvgIpc) is 3.29. The molecule has 0 bridgehead atoms. The van der Waals surface area contributed by atoms with Gasteiger partial charge in [-0.3, -0.25) is 14.2 Å². The van der Waals surface area contributed by atoms with Crippen molar-refractivity contribution in [2.45, 2.75) is 50.4 Å². The van der Waals surface area contributed by atoms with Crippen LogP contribution in [0.1, 0.15) is 32.6 Å². The Balaban J connectivity index is 1.66. The van der Waals surface area contributed by atoms with Crippen molar-refractivity contribution in [1.29, 1.82) is 0 Å². The second-order valence-corrected chi connectivity index (χ2v) is 7.93. The second-order valence-electron chi connectivity index (χ2n) is 6.07. The number of carbonyl (C=O) groups is 1. The minimum Gasteiger partial charge on any atom is -0.376 e. The predicted octanol–water partition coefficient (Wildman–Crippen LogP) is 2.65. The van der Waals surface area contributed by atoms with Crippen LogP contribution in [0.4, 0.5) is 0 Å². The molecule has 0 aliphatic carbocycles. The van der Waals surface area contributed by atoms with Gasteiger partial charge in [0.2, 0.25) is 5.91 Å². The molecule has 3 heterocycles. The first-order valence-electron chi connectivity index (χ1n) is 8.68. The van der Waals surface area contributed by atoms with Gasteiger partial charge in [0.1, 0.15) is 4.70 Å². The minimum atomic E-state index is -0.0535. The fourth-order valence-corrected chi connectivity index (χ4v) is 4.39. The Kier molecular flexibility index (Phi) is 6.50. The van der Waals surface area contributed by atoms with Crippen molar-refractivity contribution >= 4 is 39.2 Å². The molecule has 1 amide bonds. The number of nitrogens with one attached hydrogen (secondary N) is 1. The Hall–Kier alpha value is -1.38. The first kappa shape index (κ1) is 18.4. The summed E-state index contributed by atoms with van der Waals surface area (Å²) < 4.78 is 7.90. The zero-order valence-corrected chi connectivity index (χ0v) is 16.0. The monoisotopic (exact) mass is 381 g/mol. The average molecular weight is 382 g/mol. The van der Waals surface area contributed by atoms with Crippen molar-refractivity contribution in [2.24, 2.45) is 0 Å². The van der Waals surface area contributed by atoms with Crippen LogP contribution in [0.5, 0.6) is 0 Å². The molecular formula is C17H23N3O3S2. The van der Waals surface area contributed by atoms with Crippen LogP contribution in [-0.2, 0) is 16.1 Å². The molecule has 1 saturated heterocycles. The van der Waals surface area contributed by atoms with Crippen molar-refractivity contribution in [3.63, 3.8) is 0 Å². The van der Waals surface area contributed by atoms with Crippen molar-refractivity contribution in [1.82, 2.24) is 14.9 Å². The number of hydrogen-bond donors (Lipinski definition) is 1. The lowest BCUT2D eigenvalue weighted by Gasteiger charge is -2.13. The third kappa shape index (κ3) is 4.62. The molecule has 136 valence electrons. The molecule has 1 aliphatic rings. The highest BCUT2D eigenvalue weighted by Gasteiger charge is 2.17. The zero-order valence-electron chi connectivity index (χ0n) is 14.3. The molecule has 1 atom stereocenters. The normalized spacial score (nSPS) is 17.2. The lowest BCUT2D eigenvalue weighted by Crippen LogP contribution is -2.33. The van der Waals surface area contributed by atoms with Gasteiger partial charge in [-0.15, -0.1) is 11.3 Å². The van der Waals surface area contributed by atoms with E-state index in [1.54, 1.807) is 4.57 Å². The van der Waals surface area contributed by atoms with Gasteiger partial charge in [-0.1, -0.05) is 25.1 Å². The van der Waals surface area contributed by atoms with E-state index in [2.05, 4.69) is 17.2 Å². The van der Waals surface area contributed by atoms with Crippen LogP contribution in [-0.4, -0.2) is 40.5 Å². The Bertz CT molecular complexity index is 781. The van der Waals surface area contributed by atoms with Crippen LogP contribution in [0.15, 0.2) is 21.4 Å². The van der Waals surface area contributed by atoms with Crippen molar-refractivity contribution in [3.05, 3.63) is 21.8 Å². The van der Waals surface area contributed by atoms with Gasteiger partial charge in [0, 0.05) is 19.7 Å². The number of thioether (sulfide) groups is 1. The van der Waals surface area contributed by atoms with E-state index >= 15 is 0 Å². The largest absolute Gasteiger partial charge is 0.376 e. The number of carbonyl (C=O) groups excluding carboxylic acids is 1. The van der Waals surface area contributed by atoms with E-state index in [1.807, 2.05) is 11.4 Å². The molecule has 1 aliphatic heterocycles. The fraction of sp³-hybridized carbons (Fsp3) is 0.588. The van der Waals surface area contributed by atoms with Gasteiger partial charge in [0.05, 0.1) is 17.4 Å². The highest BCUT2D eigenvalue weighted by atomic mass is 32.2. The predicted molar refractivity (Wildman–Crippen MR) is 101 cm³/mol. The quantitative estimate of drug-likeness (QED) is 0.562.